The Kier molecular flexibility index (Phi) is 3.23. The fourth-order valence-electron chi connectivity index (χ4n) is 1.54. The van der Waals surface area contributed by atoms with Crippen LogP contribution < -0.4 is 0 Å². The van der Waals surface area contributed by atoms with E-state index in [-0.39, 0.29) is 11.7 Å². The molecule has 1 aliphatic heterocycles. The lowest BCUT2D eigenvalue weighted by Crippen LogP contribution is -2.34. The topological polar surface area (TPSA) is 37.4 Å². The second-order valence-electron chi connectivity index (χ2n) is 3.42. The van der Waals surface area contributed by atoms with Gasteiger partial charge in [0.1, 0.15) is 0 Å². The van der Waals surface area contributed by atoms with E-state index < -0.39 is 0 Å². The van der Waals surface area contributed by atoms with Gasteiger partial charge in [0, 0.05) is 20.0 Å². The number of carbonyl (C=O) groups excluding carboxylic acids is 2. The summed E-state index contributed by atoms with van der Waals surface area (Å²) in [6.07, 6.45) is 3.38. The summed E-state index contributed by atoms with van der Waals surface area (Å²) in [4.78, 5) is 23.6. The SMILES string of the molecule is CC(=O)C=C1CCN(C(C)=O)CC1. The zero-order valence-electron chi connectivity index (χ0n) is 8.17. The summed E-state index contributed by atoms with van der Waals surface area (Å²) in [5, 5.41) is 0. The lowest BCUT2D eigenvalue weighted by atomic mass is 10.0. The van der Waals surface area contributed by atoms with Crippen molar-refractivity contribution in [2.24, 2.45) is 0 Å². The van der Waals surface area contributed by atoms with Crippen LogP contribution in [0, 0.1) is 0 Å². The highest BCUT2D eigenvalue weighted by atomic mass is 16.2. The van der Waals surface area contributed by atoms with Crippen LogP contribution in [-0.2, 0) is 9.59 Å². The molecule has 3 nitrogen and oxygen atoms in total. The van der Waals surface area contributed by atoms with Gasteiger partial charge in [-0.25, -0.2) is 0 Å². The zero-order chi connectivity index (χ0) is 9.84. The van der Waals surface area contributed by atoms with Crippen molar-refractivity contribution >= 4 is 11.7 Å². The van der Waals surface area contributed by atoms with Gasteiger partial charge in [-0.2, -0.15) is 0 Å². The van der Waals surface area contributed by atoms with Gasteiger partial charge in [-0.1, -0.05) is 5.57 Å². The van der Waals surface area contributed by atoms with Gasteiger partial charge in [-0.05, 0) is 25.8 Å². The van der Waals surface area contributed by atoms with Gasteiger partial charge in [0.2, 0.25) is 5.91 Å². The van der Waals surface area contributed by atoms with E-state index in [4.69, 9.17) is 0 Å². The van der Waals surface area contributed by atoms with E-state index in [2.05, 4.69) is 0 Å². The Balaban J connectivity index is 2.48. The summed E-state index contributed by atoms with van der Waals surface area (Å²) in [6.45, 7) is 4.66. The molecule has 0 bridgehead atoms. The van der Waals surface area contributed by atoms with Crippen LogP contribution >= 0.6 is 0 Å². The molecule has 0 aromatic rings. The Morgan fingerprint density at radius 2 is 1.77 bits per heavy atom. The van der Waals surface area contributed by atoms with Crippen molar-refractivity contribution in [1.82, 2.24) is 4.90 Å². The van der Waals surface area contributed by atoms with E-state index in [1.54, 1.807) is 19.9 Å². The molecule has 0 aromatic carbocycles. The summed E-state index contributed by atoms with van der Waals surface area (Å²) in [5.74, 6) is 0.230. The predicted octanol–water partition coefficient (Wildman–Crippen LogP) is 1.14. The molecule has 0 aliphatic carbocycles. The van der Waals surface area contributed by atoms with Crippen LogP contribution in [-0.4, -0.2) is 29.7 Å². The standard InChI is InChI=1S/C10H15NO2/c1-8(12)7-10-3-5-11(6-4-10)9(2)13/h7H,3-6H2,1-2H3. The molecule has 3 heteroatoms. The number of likely N-dealkylation sites (tertiary alicyclic amines) is 1. The van der Waals surface area contributed by atoms with Crippen molar-refractivity contribution in [3.63, 3.8) is 0 Å². The highest BCUT2D eigenvalue weighted by molar-refractivity contribution is 5.88. The maximum Gasteiger partial charge on any atom is 0.219 e. The second-order valence-corrected chi connectivity index (χ2v) is 3.42. The minimum absolute atomic E-state index is 0.103. The molecule has 1 heterocycles. The quantitative estimate of drug-likeness (QED) is 0.569. The number of hydrogen-bond donors (Lipinski definition) is 0. The molecule has 1 rings (SSSR count). The third kappa shape index (κ3) is 3.01. The lowest BCUT2D eigenvalue weighted by molar-refractivity contribution is -0.129. The number of nitrogens with zero attached hydrogens (tertiary/aromatic N) is 1. The summed E-state index contributed by atoms with van der Waals surface area (Å²) < 4.78 is 0. The van der Waals surface area contributed by atoms with Crippen molar-refractivity contribution in [1.29, 1.82) is 0 Å². The molecular weight excluding hydrogens is 166 g/mol. The molecular formula is C10H15NO2. The molecule has 1 fully saturated rings. The Labute approximate surface area is 78.4 Å². The third-order valence-corrected chi connectivity index (χ3v) is 2.26. The van der Waals surface area contributed by atoms with Crippen LogP contribution in [0.2, 0.25) is 0 Å². The van der Waals surface area contributed by atoms with Gasteiger partial charge in [0.15, 0.2) is 5.78 Å². The number of piperidine rings is 1. The molecule has 0 N–H and O–H groups in total. The lowest BCUT2D eigenvalue weighted by Gasteiger charge is -2.27. The zero-order valence-corrected chi connectivity index (χ0v) is 8.17. The number of carbonyl (C=O) groups is 2. The van der Waals surface area contributed by atoms with Crippen LogP contribution in [0.4, 0.5) is 0 Å². The minimum Gasteiger partial charge on any atom is -0.342 e. The normalized spacial score (nSPS) is 17.1. The molecule has 1 aliphatic rings. The molecule has 1 saturated heterocycles. The maximum atomic E-state index is 11.0. The van der Waals surface area contributed by atoms with Crippen molar-refractivity contribution in [3.8, 4) is 0 Å². The maximum absolute atomic E-state index is 11.0. The molecule has 0 radical (unpaired) electrons. The van der Waals surface area contributed by atoms with Crippen LogP contribution in [0.1, 0.15) is 26.7 Å². The van der Waals surface area contributed by atoms with E-state index in [1.807, 2.05) is 4.90 Å². The molecule has 0 aromatic heterocycles. The smallest absolute Gasteiger partial charge is 0.219 e. The monoisotopic (exact) mass is 181 g/mol. The van der Waals surface area contributed by atoms with Crippen molar-refractivity contribution in [3.05, 3.63) is 11.6 Å². The number of rotatable bonds is 1. The second kappa shape index (κ2) is 4.21. The minimum atomic E-state index is 0.103. The Morgan fingerprint density at radius 1 is 1.23 bits per heavy atom. The molecule has 0 atom stereocenters. The number of amides is 1. The van der Waals surface area contributed by atoms with Crippen LogP contribution in [0.5, 0.6) is 0 Å². The van der Waals surface area contributed by atoms with Crippen molar-refractivity contribution < 1.29 is 9.59 Å². The van der Waals surface area contributed by atoms with E-state index in [1.165, 1.54) is 5.57 Å². The van der Waals surface area contributed by atoms with Crippen LogP contribution in [0.15, 0.2) is 11.6 Å². The Hall–Kier alpha value is -1.12. The fourth-order valence-corrected chi connectivity index (χ4v) is 1.54. The van der Waals surface area contributed by atoms with Gasteiger partial charge < -0.3 is 4.90 Å². The van der Waals surface area contributed by atoms with Crippen LogP contribution in [0.3, 0.4) is 0 Å². The van der Waals surface area contributed by atoms with Crippen LogP contribution in [0.25, 0.3) is 0 Å². The highest BCUT2D eigenvalue weighted by Crippen LogP contribution is 2.15. The summed E-state index contributed by atoms with van der Waals surface area (Å²) in [6, 6.07) is 0. The molecule has 0 spiro atoms. The molecule has 0 unspecified atom stereocenters. The Morgan fingerprint density at radius 3 is 2.15 bits per heavy atom. The van der Waals surface area contributed by atoms with Crippen molar-refractivity contribution in [2.75, 3.05) is 13.1 Å². The first-order valence-electron chi connectivity index (χ1n) is 4.55. The van der Waals surface area contributed by atoms with E-state index >= 15 is 0 Å². The molecule has 72 valence electrons. The molecule has 13 heavy (non-hydrogen) atoms. The summed E-state index contributed by atoms with van der Waals surface area (Å²) in [7, 11) is 0. The first-order chi connectivity index (χ1) is 6.09. The Bertz CT molecular complexity index is 246. The first kappa shape index (κ1) is 9.96. The summed E-state index contributed by atoms with van der Waals surface area (Å²) in [5.41, 5.74) is 1.17. The number of hydrogen-bond acceptors (Lipinski definition) is 2. The van der Waals surface area contributed by atoms with E-state index in [0.717, 1.165) is 25.9 Å². The molecule has 1 amide bonds. The van der Waals surface area contributed by atoms with Gasteiger partial charge >= 0.3 is 0 Å². The van der Waals surface area contributed by atoms with Gasteiger partial charge in [-0.15, -0.1) is 0 Å². The fraction of sp³-hybridized carbons (Fsp3) is 0.600. The molecule has 0 saturated carbocycles. The summed E-state index contributed by atoms with van der Waals surface area (Å²) >= 11 is 0. The largest absolute Gasteiger partial charge is 0.342 e. The first-order valence-corrected chi connectivity index (χ1v) is 4.55. The van der Waals surface area contributed by atoms with Crippen molar-refractivity contribution in [2.45, 2.75) is 26.7 Å². The predicted molar refractivity (Wildman–Crippen MR) is 50.3 cm³/mol. The van der Waals surface area contributed by atoms with E-state index in [0.29, 0.717) is 0 Å². The number of allylic oxidation sites excluding steroid dienone is 1. The number of ketones is 1. The van der Waals surface area contributed by atoms with Gasteiger partial charge in [0.05, 0.1) is 0 Å². The van der Waals surface area contributed by atoms with E-state index in [9.17, 15) is 9.59 Å². The highest BCUT2D eigenvalue weighted by Gasteiger charge is 2.15. The third-order valence-electron chi connectivity index (χ3n) is 2.26. The average molecular weight is 181 g/mol. The van der Waals surface area contributed by atoms with Gasteiger partial charge in [-0.3, -0.25) is 9.59 Å². The van der Waals surface area contributed by atoms with Gasteiger partial charge in [0.25, 0.3) is 0 Å². The average Bonchev–Trinajstić information content (AvgIpc) is 2.04.